The zero-order valence-electron chi connectivity index (χ0n) is 6.07. The molecule has 1 heterocycles. The second-order valence-corrected chi connectivity index (χ2v) is 5.20. The molecule has 0 spiro atoms. The molecule has 0 amide bonds. The van der Waals surface area contributed by atoms with Crippen molar-refractivity contribution in [1.29, 1.82) is 0 Å². The van der Waals surface area contributed by atoms with Crippen LogP contribution in [0.4, 0.5) is 0 Å². The third kappa shape index (κ3) is 1.43. The number of rotatable bonds is 0. The first kappa shape index (κ1) is 8.67. The Bertz CT molecular complexity index is 341. The van der Waals surface area contributed by atoms with E-state index in [0.29, 0.717) is 6.42 Å². The van der Waals surface area contributed by atoms with Crippen molar-refractivity contribution in [2.24, 2.45) is 0 Å². The largest absolute Gasteiger partial charge is 0.361 e. The van der Waals surface area contributed by atoms with Gasteiger partial charge in [-0.3, -0.25) is 0 Å². The summed E-state index contributed by atoms with van der Waals surface area (Å²) in [6, 6.07) is 1.99. The quantitative estimate of drug-likeness (QED) is 0.692. The van der Waals surface area contributed by atoms with Crippen molar-refractivity contribution in [1.82, 2.24) is 4.98 Å². The Hall–Kier alpha value is 0.0800. The van der Waals surface area contributed by atoms with E-state index in [-0.39, 0.29) is 0 Å². The summed E-state index contributed by atoms with van der Waals surface area (Å²) in [6.07, 6.45) is 4.34. The van der Waals surface area contributed by atoms with Gasteiger partial charge in [0.15, 0.2) is 0 Å². The average Bonchev–Trinajstić information content (AvgIpc) is 2.31. The summed E-state index contributed by atoms with van der Waals surface area (Å²) >= 11 is 15.4. The smallest absolute Gasteiger partial charge is 0.141 e. The number of H-pyrrole nitrogens is 1. The Morgan fingerprint density at radius 3 is 3.00 bits per heavy atom. The van der Waals surface area contributed by atoms with E-state index in [0.717, 1.165) is 15.7 Å². The number of aromatic nitrogens is 1. The van der Waals surface area contributed by atoms with E-state index in [4.69, 9.17) is 23.2 Å². The van der Waals surface area contributed by atoms with Crippen molar-refractivity contribution in [3.8, 4) is 0 Å². The highest BCUT2D eigenvalue weighted by atomic mass is 79.9. The van der Waals surface area contributed by atoms with Crippen LogP contribution in [-0.4, -0.2) is 9.32 Å². The number of hydrogen-bond donors (Lipinski definition) is 1. The lowest BCUT2D eigenvalue weighted by molar-refractivity contribution is 0.920. The minimum absolute atomic E-state index is 0.657. The van der Waals surface area contributed by atoms with E-state index in [9.17, 15) is 0 Å². The van der Waals surface area contributed by atoms with E-state index in [2.05, 4.69) is 20.9 Å². The molecule has 1 aromatic heterocycles. The van der Waals surface area contributed by atoms with Crippen LogP contribution >= 0.6 is 39.1 Å². The maximum Gasteiger partial charge on any atom is 0.141 e. The van der Waals surface area contributed by atoms with Gasteiger partial charge in [0.2, 0.25) is 0 Å². The maximum atomic E-state index is 6.00. The van der Waals surface area contributed by atoms with Crippen LogP contribution < -0.4 is 0 Å². The molecule has 0 saturated carbocycles. The van der Waals surface area contributed by atoms with Crippen LogP contribution in [0.2, 0.25) is 0 Å². The van der Waals surface area contributed by atoms with Crippen LogP contribution in [0, 0.1) is 0 Å². The number of fused-ring (bicyclic) bond motifs is 1. The monoisotopic (exact) mass is 265 g/mol. The highest BCUT2D eigenvalue weighted by molar-refractivity contribution is 9.15. The van der Waals surface area contributed by atoms with Crippen LogP contribution in [-0.2, 0) is 6.42 Å². The van der Waals surface area contributed by atoms with Crippen LogP contribution in [0.5, 0.6) is 0 Å². The molecule has 0 fully saturated rings. The van der Waals surface area contributed by atoms with Crippen molar-refractivity contribution in [3.05, 3.63) is 29.6 Å². The van der Waals surface area contributed by atoms with Crippen LogP contribution in [0.15, 0.2) is 18.3 Å². The summed E-state index contributed by atoms with van der Waals surface area (Å²) in [5, 5.41) is 0. The lowest BCUT2D eigenvalue weighted by Crippen LogP contribution is -2.17. The molecule has 0 aromatic carbocycles. The van der Waals surface area contributed by atoms with Gasteiger partial charge in [-0.15, -0.1) is 0 Å². The lowest BCUT2D eigenvalue weighted by Gasteiger charge is -2.20. The summed E-state index contributed by atoms with van der Waals surface area (Å²) in [6.45, 7) is 0. The van der Waals surface area contributed by atoms with Gasteiger partial charge in [0.05, 0.1) is 5.69 Å². The number of alkyl halides is 2. The summed E-state index contributed by atoms with van der Waals surface area (Å²) in [5.74, 6) is 0. The fourth-order valence-electron chi connectivity index (χ4n) is 1.33. The van der Waals surface area contributed by atoms with Gasteiger partial charge in [-0.1, -0.05) is 23.2 Å². The molecule has 0 bridgehead atoms. The highest BCUT2D eigenvalue weighted by Crippen LogP contribution is 2.39. The topological polar surface area (TPSA) is 15.8 Å². The predicted octanol–water partition coefficient (Wildman–Crippen LogP) is 3.48. The zero-order chi connectivity index (χ0) is 8.77. The van der Waals surface area contributed by atoms with Gasteiger partial charge in [0, 0.05) is 17.1 Å². The van der Waals surface area contributed by atoms with E-state index >= 15 is 0 Å². The van der Waals surface area contributed by atoms with Gasteiger partial charge in [-0.2, -0.15) is 0 Å². The number of hydrogen-bond acceptors (Lipinski definition) is 0. The first-order chi connectivity index (χ1) is 5.58. The fraction of sp³-hybridized carbons (Fsp3) is 0.250. The van der Waals surface area contributed by atoms with Crippen molar-refractivity contribution in [2.75, 3.05) is 0 Å². The molecule has 0 saturated heterocycles. The summed E-state index contributed by atoms with van der Waals surface area (Å²) in [5.41, 5.74) is 2.22. The molecule has 1 aliphatic carbocycles. The second-order valence-electron chi connectivity index (χ2n) is 2.81. The molecule has 64 valence electrons. The number of aromatic amines is 1. The standard InChI is InChI=1S/C8H6BrCl2N/c9-6-4-8(10,11)3-5-1-2-12-7(5)6/h1-2,4,12H,3H2. The number of nitrogens with one attached hydrogen (secondary N) is 1. The first-order valence-electron chi connectivity index (χ1n) is 3.51. The first-order valence-corrected chi connectivity index (χ1v) is 5.06. The van der Waals surface area contributed by atoms with Crippen molar-refractivity contribution >= 4 is 43.6 Å². The molecule has 0 unspecified atom stereocenters. The molecule has 1 aromatic rings. The molecule has 1 aliphatic rings. The molecule has 2 rings (SSSR count). The average molecular weight is 267 g/mol. The van der Waals surface area contributed by atoms with E-state index in [1.54, 1.807) is 6.08 Å². The van der Waals surface area contributed by atoms with Crippen LogP contribution in [0.1, 0.15) is 11.3 Å². The highest BCUT2D eigenvalue weighted by Gasteiger charge is 2.29. The van der Waals surface area contributed by atoms with Crippen LogP contribution in [0.3, 0.4) is 0 Å². The molecular formula is C8H6BrCl2N. The van der Waals surface area contributed by atoms with Gasteiger partial charge in [-0.25, -0.2) is 0 Å². The molecule has 0 atom stereocenters. The van der Waals surface area contributed by atoms with Gasteiger partial charge >= 0.3 is 0 Å². The molecule has 4 heteroatoms. The summed E-state index contributed by atoms with van der Waals surface area (Å²) < 4.78 is 0.160. The Morgan fingerprint density at radius 2 is 2.25 bits per heavy atom. The third-order valence-corrected chi connectivity index (χ3v) is 2.95. The zero-order valence-corrected chi connectivity index (χ0v) is 9.17. The minimum atomic E-state index is -0.770. The summed E-state index contributed by atoms with van der Waals surface area (Å²) in [7, 11) is 0. The molecule has 12 heavy (non-hydrogen) atoms. The van der Waals surface area contributed by atoms with Gasteiger partial charge < -0.3 is 4.98 Å². The van der Waals surface area contributed by atoms with E-state index in [1.807, 2.05) is 12.3 Å². The molecule has 0 aliphatic heterocycles. The van der Waals surface area contributed by atoms with Crippen molar-refractivity contribution < 1.29 is 0 Å². The number of allylic oxidation sites excluding steroid dienone is 1. The second kappa shape index (κ2) is 2.79. The van der Waals surface area contributed by atoms with E-state index in [1.165, 1.54) is 0 Å². The SMILES string of the molecule is ClC1(Cl)C=C(Br)c2[nH]ccc2C1. The normalized spacial score (nSPS) is 20.1. The molecule has 1 N–H and O–H groups in total. The van der Waals surface area contributed by atoms with Gasteiger partial charge in [-0.05, 0) is 33.6 Å². The Labute approximate surface area is 88.9 Å². The van der Waals surface area contributed by atoms with E-state index < -0.39 is 4.33 Å². The third-order valence-electron chi connectivity index (χ3n) is 1.84. The van der Waals surface area contributed by atoms with Crippen LogP contribution in [0.25, 0.3) is 4.48 Å². The minimum Gasteiger partial charge on any atom is -0.361 e. The van der Waals surface area contributed by atoms with Crippen molar-refractivity contribution in [2.45, 2.75) is 10.8 Å². The summed E-state index contributed by atoms with van der Waals surface area (Å²) in [4.78, 5) is 3.11. The number of halogens is 3. The lowest BCUT2D eigenvalue weighted by atomic mass is 10.0. The molecule has 1 nitrogen and oxygen atoms in total. The Balaban J connectivity index is 2.52. The van der Waals surface area contributed by atoms with Gasteiger partial charge in [0.25, 0.3) is 0 Å². The molecular weight excluding hydrogens is 261 g/mol. The predicted molar refractivity (Wildman–Crippen MR) is 55.8 cm³/mol. The fourth-order valence-corrected chi connectivity index (χ4v) is 2.86. The maximum absolute atomic E-state index is 6.00. The Kier molecular flexibility index (Phi) is 2.02. The molecule has 0 radical (unpaired) electrons. The van der Waals surface area contributed by atoms with Gasteiger partial charge in [0.1, 0.15) is 4.33 Å². The Morgan fingerprint density at radius 1 is 1.50 bits per heavy atom. The van der Waals surface area contributed by atoms with Crippen molar-refractivity contribution in [3.63, 3.8) is 0 Å².